The molecule has 1 saturated carbocycles. The normalized spacial score (nSPS) is 16.1. The number of aryl methyl sites for hydroxylation is 1. The van der Waals surface area contributed by atoms with Crippen molar-refractivity contribution >= 4 is 5.97 Å². The molecule has 0 spiro atoms. The van der Waals surface area contributed by atoms with Gasteiger partial charge in [0, 0.05) is 18.0 Å². The van der Waals surface area contributed by atoms with Gasteiger partial charge in [0.2, 0.25) is 0 Å². The third kappa shape index (κ3) is 4.24. The average molecular weight is 263 g/mol. The summed E-state index contributed by atoms with van der Waals surface area (Å²) in [6, 6.07) is 5.64. The van der Waals surface area contributed by atoms with Crippen LogP contribution in [0.1, 0.15) is 42.9 Å². The van der Waals surface area contributed by atoms with Crippen LogP contribution in [0.25, 0.3) is 0 Å². The first-order valence-electron chi connectivity index (χ1n) is 6.77. The summed E-state index contributed by atoms with van der Waals surface area (Å²) in [6.07, 6.45) is 2.99. The van der Waals surface area contributed by atoms with E-state index < -0.39 is 5.97 Å². The first kappa shape index (κ1) is 13.9. The van der Waals surface area contributed by atoms with Crippen LogP contribution in [-0.2, 0) is 4.79 Å². The Hall–Kier alpha value is -1.55. The summed E-state index contributed by atoms with van der Waals surface area (Å²) in [6.45, 7) is 2.74. The molecule has 0 radical (unpaired) electrons. The van der Waals surface area contributed by atoms with Crippen molar-refractivity contribution in [1.29, 1.82) is 0 Å². The number of hydrogen-bond acceptors (Lipinski definition) is 3. The fourth-order valence-corrected chi connectivity index (χ4v) is 2.02. The number of carbonyl (C=O) groups is 1. The van der Waals surface area contributed by atoms with E-state index in [1.807, 2.05) is 25.1 Å². The molecule has 1 aliphatic rings. The van der Waals surface area contributed by atoms with E-state index in [1.165, 1.54) is 12.8 Å². The highest BCUT2D eigenvalue weighted by atomic mass is 16.5. The van der Waals surface area contributed by atoms with Crippen LogP contribution in [0.4, 0.5) is 0 Å². The number of aliphatic carboxylic acids is 1. The monoisotopic (exact) mass is 263 g/mol. The first-order valence-corrected chi connectivity index (χ1v) is 6.77. The second kappa shape index (κ2) is 6.06. The first-order chi connectivity index (χ1) is 9.06. The molecule has 104 valence electrons. The number of carboxylic acids is 1. The molecule has 0 bridgehead atoms. The molecule has 1 aliphatic carbocycles. The van der Waals surface area contributed by atoms with Gasteiger partial charge in [-0.3, -0.25) is 4.79 Å². The maximum atomic E-state index is 10.6. The molecule has 0 heterocycles. The fraction of sp³-hybridized carbons (Fsp3) is 0.533. The lowest BCUT2D eigenvalue weighted by molar-refractivity contribution is -0.137. The topological polar surface area (TPSA) is 72.5 Å². The third-order valence-electron chi connectivity index (χ3n) is 3.41. The van der Waals surface area contributed by atoms with Crippen molar-refractivity contribution in [3.05, 3.63) is 29.3 Å². The summed E-state index contributed by atoms with van der Waals surface area (Å²) in [7, 11) is 0. The summed E-state index contributed by atoms with van der Waals surface area (Å²) in [5.41, 5.74) is 8.12. The minimum absolute atomic E-state index is 0.0805. The SMILES string of the molecule is Cc1ccc(OCC2CC2)c(C(N)CCC(=O)O)c1. The average Bonchev–Trinajstić information content (AvgIpc) is 3.18. The van der Waals surface area contributed by atoms with Crippen LogP contribution < -0.4 is 10.5 Å². The third-order valence-corrected chi connectivity index (χ3v) is 3.41. The Bertz CT molecular complexity index is 455. The van der Waals surface area contributed by atoms with Gasteiger partial charge in [0.1, 0.15) is 5.75 Å². The van der Waals surface area contributed by atoms with Crippen molar-refractivity contribution in [3.63, 3.8) is 0 Å². The largest absolute Gasteiger partial charge is 0.493 e. The van der Waals surface area contributed by atoms with Crippen LogP contribution in [-0.4, -0.2) is 17.7 Å². The summed E-state index contributed by atoms with van der Waals surface area (Å²) >= 11 is 0. The van der Waals surface area contributed by atoms with Crippen LogP contribution >= 0.6 is 0 Å². The van der Waals surface area contributed by atoms with Gasteiger partial charge in [-0.15, -0.1) is 0 Å². The zero-order valence-corrected chi connectivity index (χ0v) is 11.3. The van der Waals surface area contributed by atoms with E-state index in [1.54, 1.807) is 0 Å². The quantitative estimate of drug-likeness (QED) is 0.793. The molecule has 1 fully saturated rings. The van der Waals surface area contributed by atoms with Crippen molar-refractivity contribution < 1.29 is 14.6 Å². The molecule has 19 heavy (non-hydrogen) atoms. The van der Waals surface area contributed by atoms with Crippen molar-refractivity contribution in [3.8, 4) is 5.75 Å². The highest BCUT2D eigenvalue weighted by Gasteiger charge is 2.23. The predicted molar refractivity (Wildman–Crippen MR) is 73.2 cm³/mol. The molecular weight excluding hydrogens is 242 g/mol. The maximum absolute atomic E-state index is 10.6. The Labute approximate surface area is 113 Å². The van der Waals surface area contributed by atoms with Gasteiger partial charge in [0.05, 0.1) is 6.61 Å². The van der Waals surface area contributed by atoms with Crippen LogP contribution in [0.2, 0.25) is 0 Å². The standard InChI is InChI=1S/C15H21NO3/c1-10-2-6-14(19-9-11-3-4-11)12(8-10)13(16)5-7-15(17)18/h2,6,8,11,13H,3-5,7,9,16H2,1H3,(H,17,18). The highest BCUT2D eigenvalue weighted by Crippen LogP contribution is 2.32. The number of rotatable bonds is 7. The molecule has 1 atom stereocenters. The zero-order valence-electron chi connectivity index (χ0n) is 11.3. The van der Waals surface area contributed by atoms with Gasteiger partial charge in [-0.25, -0.2) is 0 Å². The minimum Gasteiger partial charge on any atom is -0.493 e. The van der Waals surface area contributed by atoms with Gasteiger partial charge in [-0.2, -0.15) is 0 Å². The van der Waals surface area contributed by atoms with Gasteiger partial charge < -0.3 is 15.6 Å². The number of nitrogens with two attached hydrogens (primary N) is 1. The molecule has 0 amide bonds. The number of carboxylic acid groups (broad SMARTS) is 1. The van der Waals surface area contributed by atoms with Crippen molar-refractivity contribution in [2.24, 2.45) is 11.7 Å². The Balaban J connectivity index is 2.05. The minimum atomic E-state index is -0.816. The Morgan fingerprint density at radius 3 is 2.89 bits per heavy atom. The van der Waals surface area contributed by atoms with E-state index >= 15 is 0 Å². The van der Waals surface area contributed by atoms with Crippen LogP contribution in [0.3, 0.4) is 0 Å². The molecule has 2 rings (SSSR count). The van der Waals surface area contributed by atoms with Crippen molar-refractivity contribution in [2.45, 2.75) is 38.6 Å². The smallest absolute Gasteiger partial charge is 0.303 e. The molecule has 3 N–H and O–H groups in total. The van der Waals surface area contributed by atoms with Gasteiger partial charge in [-0.1, -0.05) is 17.7 Å². The van der Waals surface area contributed by atoms with E-state index in [0.717, 1.165) is 23.5 Å². The summed E-state index contributed by atoms with van der Waals surface area (Å²) < 4.78 is 5.82. The van der Waals surface area contributed by atoms with Crippen molar-refractivity contribution in [1.82, 2.24) is 0 Å². The van der Waals surface area contributed by atoms with E-state index in [9.17, 15) is 4.79 Å². The Morgan fingerprint density at radius 1 is 1.53 bits per heavy atom. The second-order valence-corrected chi connectivity index (χ2v) is 5.33. The molecule has 1 aromatic rings. The molecule has 4 nitrogen and oxygen atoms in total. The lowest BCUT2D eigenvalue weighted by atomic mass is 10.00. The summed E-state index contributed by atoms with van der Waals surface area (Å²) in [5, 5.41) is 8.73. The van der Waals surface area contributed by atoms with E-state index in [4.69, 9.17) is 15.6 Å². The van der Waals surface area contributed by atoms with Gasteiger partial charge in [0.25, 0.3) is 0 Å². The van der Waals surface area contributed by atoms with Crippen LogP contribution in [0, 0.1) is 12.8 Å². The zero-order chi connectivity index (χ0) is 13.8. The molecule has 1 unspecified atom stereocenters. The molecule has 0 aliphatic heterocycles. The maximum Gasteiger partial charge on any atom is 0.303 e. The predicted octanol–water partition coefficient (Wildman–Crippen LogP) is 2.65. The highest BCUT2D eigenvalue weighted by molar-refractivity contribution is 5.66. The summed E-state index contributed by atoms with van der Waals surface area (Å²) in [5.74, 6) is 0.670. The lowest BCUT2D eigenvalue weighted by Gasteiger charge is -2.17. The molecule has 1 aromatic carbocycles. The number of ether oxygens (including phenoxy) is 1. The molecule has 0 saturated heterocycles. The molecular formula is C15H21NO3. The Morgan fingerprint density at radius 2 is 2.26 bits per heavy atom. The Kier molecular flexibility index (Phi) is 4.43. The second-order valence-electron chi connectivity index (χ2n) is 5.33. The fourth-order valence-electron chi connectivity index (χ4n) is 2.02. The van der Waals surface area contributed by atoms with Gasteiger partial charge in [0.15, 0.2) is 0 Å². The van der Waals surface area contributed by atoms with E-state index in [-0.39, 0.29) is 12.5 Å². The molecule has 0 aromatic heterocycles. The van der Waals surface area contributed by atoms with Gasteiger partial charge in [-0.05, 0) is 38.2 Å². The molecule has 4 heteroatoms. The van der Waals surface area contributed by atoms with Crippen LogP contribution in [0.15, 0.2) is 18.2 Å². The van der Waals surface area contributed by atoms with E-state index in [2.05, 4.69) is 0 Å². The van der Waals surface area contributed by atoms with Crippen molar-refractivity contribution in [2.75, 3.05) is 6.61 Å². The van der Waals surface area contributed by atoms with E-state index in [0.29, 0.717) is 12.3 Å². The number of benzene rings is 1. The summed E-state index contributed by atoms with van der Waals surface area (Å²) in [4.78, 5) is 10.6. The number of hydrogen-bond donors (Lipinski definition) is 2. The van der Waals surface area contributed by atoms with Gasteiger partial charge >= 0.3 is 5.97 Å². The lowest BCUT2D eigenvalue weighted by Crippen LogP contribution is -2.14. The van der Waals surface area contributed by atoms with Crippen LogP contribution in [0.5, 0.6) is 5.75 Å².